The van der Waals surface area contributed by atoms with Crippen LogP contribution in [-0.2, 0) is 21.4 Å². The summed E-state index contributed by atoms with van der Waals surface area (Å²) in [6.45, 7) is 3.72. The van der Waals surface area contributed by atoms with Crippen molar-refractivity contribution in [3.63, 3.8) is 0 Å². The fourth-order valence-electron chi connectivity index (χ4n) is 2.80. The average Bonchev–Trinajstić information content (AvgIpc) is 3.04. The monoisotopic (exact) mass is 316 g/mol. The molecule has 0 spiro atoms. The number of hydrogen-bond donors (Lipinski definition) is 2. The fraction of sp³-hybridized carbons (Fsp3) is 0.714. The normalized spacial score (nSPS) is 23.1. The fourth-order valence-corrected chi connectivity index (χ4v) is 4.13. The molecular weight excluding hydrogens is 292 g/mol. The number of hydrogen-bond acceptors (Lipinski definition) is 4. The molecule has 2 rings (SSSR count). The van der Waals surface area contributed by atoms with Gasteiger partial charge in [-0.1, -0.05) is 0 Å². The lowest BCUT2D eigenvalue weighted by atomic mass is 10.3. The molecular formula is C14H24N2O4S. The van der Waals surface area contributed by atoms with Crippen molar-refractivity contribution >= 4 is 10.0 Å². The molecule has 2 atom stereocenters. The second kappa shape index (κ2) is 6.48. The van der Waals surface area contributed by atoms with E-state index in [9.17, 15) is 13.5 Å². The molecule has 120 valence electrons. The van der Waals surface area contributed by atoms with Crippen LogP contribution in [0.4, 0.5) is 0 Å². The Kier molecular flexibility index (Phi) is 5.08. The summed E-state index contributed by atoms with van der Waals surface area (Å²) in [5, 5.41) is 9.34. The lowest BCUT2D eigenvalue weighted by Gasteiger charge is -2.13. The van der Waals surface area contributed by atoms with E-state index in [0.717, 1.165) is 12.8 Å². The molecule has 7 heteroatoms. The van der Waals surface area contributed by atoms with Gasteiger partial charge in [0.1, 0.15) is 0 Å². The number of ether oxygens (including phenoxy) is 1. The van der Waals surface area contributed by atoms with Crippen LogP contribution in [-0.4, -0.2) is 37.3 Å². The van der Waals surface area contributed by atoms with Gasteiger partial charge in [0.2, 0.25) is 10.0 Å². The van der Waals surface area contributed by atoms with Gasteiger partial charge >= 0.3 is 0 Å². The number of aliphatic hydroxyl groups is 1. The van der Waals surface area contributed by atoms with Crippen molar-refractivity contribution in [2.45, 2.75) is 62.8 Å². The largest absolute Gasteiger partial charge is 0.390 e. The number of aliphatic hydroxyl groups excluding tert-OH is 1. The van der Waals surface area contributed by atoms with Gasteiger partial charge in [0.25, 0.3) is 0 Å². The predicted octanol–water partition coefficient (Wildman–Crippen LogP) is 1.41. The Morgan fingerprint density at radius 3 is 2.67 bits per heavy atom. The summed E-state index contributed by atoms with van der Waals surface area (Å²) in [7, 11) is -1.91. The Hall–Kier alpha value is -0.890. The lowest BCUT2D eigenvalue weighted by molar-refractivity contribution is 0.107. The Balaban J connectivity index is 2.16. The molecule has 1 fully saturated rings. The minimum atomic E-state index is -3.56. The molecule has 1 aromatic rings. The SMILES string of the molecule is COC1CCC(NS(=O)(=O)c2cc(CO)n(C(C)C)c2)C1. The molecule has 1 aliphatic rings. The van der Waals surface area contributed by atoms with Crippen LogP contribution in [0.1, 0.15) is 44.8 Å². The molecule has 1 heterocycles. The first-order valence-electron chi connectivity index (χ1n) is 7.24. The van der Waals surface area contributed by atoms with Gasteiger partial charge in [0.05, 0.1) is 17.6 Å². The van der Waals surface area contributed by atoms with Gasteiger partial charge in [0.15, 0.2) is 0 Å². The van der Waals surface area contributed by atoms with Crippen molar-refractivity contribution in [3.8, 4) is 0 Å². The van der Waals surface area contributed by atoms with Gasteiger partial charge in [-0.2, -0.15) is 0 Å². The highest BCUT2D eigenvalue weighted by atomic mass is 32.2. The number of rotatable bonds is 6. The third-order valence-corrected chi connectivity index (χ3v) is 5.46. The van der Waals surface area contributed by atoms with Crippen LogP contribution in [0, 0.1) is 0 Å². The van der Waals surface area contributed by atoms with Crippen LogP contribution in [0.2, 0.25) is 0 Å². The van der Waals surface area contributed by atoms with Gasteiger partial charge in [-0.05, 0) is 39.2 Å². The first-order valence-corrected chi connectivity index (χ1v) is 8.72. The van der Waals surface area contributed by atoms with Gasteiger partial charge in [-0.3, -0.25) is 0 Å². The van der Waals surface area contributed by atoms with Crippen LogP contribution < -0.4 is 4.72 Å². The Bertz CT molecular complexity index is 580. The minimum absolute atomic E-state index is 0.0834. The first kappa shape index (κ1) is 16.5. The highest BCUT2D eigenvalue weighted by molar-refractivity contribution is 7.89. The van der Waals surface area contributed by atoms with E-state index in [1.165, 1.54) is 6.07 Å². The third-order valence-electron chi connectivity index (χ3n) is 3.98. The van der Waals surface area contributed by atoms with Crippen LogP contribution in [0.5, 0.6) is 0 Å². The predicted molar refractivity (Wildman–Crippen MR) is 79.5 cm³/mol. The molecule has 0 radical (unpaired) electrons. The molecule has 0 aliphatic heterocycles. The van der Waals surface area contributed by atoms with Gasteiger partial charge in [-0.15, -0.1) is 0 Å². The molecule has 2 N–H and O–H groups in total. The molecule has 21 heavy (non-hydrogen) atoms. The van der Waals surface area contributed by atoms with Gasteiger partial charge in [0, 0.05) is 31.1 Å². The minimum Gasteiger partial charge on any atom is -0.390 e. The Morgan fingerprint density at radius 1 is 1.48 bits per heavy atom. The summed E-state index contributed by atoms with van der Waals surface area (Å²) in [5.41, 5.74) is 0.603. The number of nitrogens with one attached hydrogen (secondary N) is 1. The van der Waals surface area contributed by atoms with Crippen LogP contribution in [0.3, 0.4) is 0 Å². The summed E-state index contributed by atoms with van der Waals surface area (Å²) in [5.74, 6) is 0. The smallest absolute Gasteiger partial charge is 0.242 e. The maximum Gasteiger partial charge on any atom is 0.242 e. The van der Waals surface area contributed by atoms with Gasteiger partial charge < -0.3 is 14.4 Å². The quantitative estimate of drug-likeness (QED) is 0.831. The summed E-state index contributed by atoms with van der Waals surface area (Å²) in [6.07, 6.45) is 4.08. The zero-order valence-electron chi connectivity index (χ0n) is 12.7. The second-order valence-electron chi connectivity index (χ2n) is 5.82. The van der Waals surface area contributed by atoms with Crippen LogP contribution in [0.15, 0.2) is 17.2 Å². The Labute approximate surface area is 126 Å². The molecule has 0 bridgehead atoms. The van der Waals surface area contributed by atoms with Gasteiger partial charge in [-0.25, -0.2) is 13.1 Å². The summed E-state index contributed by atoms with van der Waals surface area (Å²) in [6, 6.07) is 1.55. The van der Waals surface area contributed by atoms with Crippen molar-refractivity contribution < 1.29 is 18.3 Å². The van der Waals surface area contributed by atoms with E-state index < -0.39 is 10.0 Å². The van der Waals surface area contributed by atoms with E-state index in [1.807, 2.05) is 13.8 Å². The van der Waals surface area contributed by atoms with E-state index in [-0.39, 0.29) is 29.7 Å². The van der Waals surface area contributed by atoms with E-state index in [0.29, 0.717) is 12.1 Å². The maximum absolute atomic E-state index is 12.4. The maximum atomic E-state index is 12.4. The average molecular weight is 316 g/mol. The molecule has 1 aliphatic carbocycles. The lowest BCUT2D eigenvalue weighted by Crippen LogP contribution is -2.33. The highest BCUT2D eigenvalue weighted by Gasteiger charge is 2.29. The summed E-state index contributed by atoms with van der Waals surface area (Å²) >= 11 is 0. The molecule has 0 aromatic carbocycles. The van der Waals surface area contributed by atoms with Crippen molar-refractivity contribution in [2.24, 2.45) is 0 Å². The number of aromatic nitrogens is 1. The number of methoxy groups -OCH3 is 1. The topological polar surface area (TPSA) is 80.6 Å². The van der Waals surface area contributed by atoms with Crippen molar-refractivity contribution in [1.82, 2.24) is 9.29 Å². The Morgan fingerprint density at radius 2 is 2.19 bits per heavy atom. The number of nitrogens with zero attached hydrogens (tertiary/aromatic N) is 1. The zero-order valence-corrected chi connectivity index (χ0v) is 13.6. The summed E-state index contributed by atoms with van der Waals surface area (Å²) < 4.78 is 34.7. The first-order chi connectivity index (χ1) is 9.87. The van der Waals surface area contributed by atoms with Crippen molar-refractivity contribution in [1.29, 1.82) is 0 Å². The number of sulfonamides is 1. The zero-order chi connectivity index (χ0) is 15.6. The molecule has 2 unspecified atom stereocenters. The standard InChI is InChI=1S/C14H24N2O4S/c1-10(2)16-8-14(7-12(16)9-17)21(18,19)15-11-4-5-13(6-11)20-3/h7-8,10-11,13,15,17H,4-6,9H2,1-3H3. The van der Waals surface area contributed by atoms with E-state index in [2.05, 4.69) is 4.72 Å². The van der Waals surface area contributed by atoms with E-state index >= 15 is 0 Å². The molecule has 1 aromatic heterocycles. The highest BCUT2D eigenvalue weighted by Crippen LogP contribution is 2.24. The van der Waals surface area contributed by atoms with Crippen molar-refractivity contribution in [3.05, 3.63) is 18.0 Å². The van der Waals surface area contributed by atoms with E-state index in [4.69, 9.17) is 4.74 Å². The molecule has 0 amide bonds. The molecule has 6 nitrogen and oxygen atoms in total. The van der Waals surface area contributed by atoms with Crippen molar-refractivity contribution in [2.75, 3.05) is 7.11 Å². The molecule has 1 saturated carbocycles. The molecule has 0 saturated heterocycles. The van der Waals surface area contributed by atoms with E-state index in [1.54, 1.807) is 17.9 Å². The van der Waals surface area contributed by atoms with Crippen LogP contribution in [0.25, 0.3) is 0 Å². The third kappa shape index (κ3) is 3.66. The van der Waals surface area contributed by atoms with Crippen LogP contribution >= 0.6 is 0 Å². The second-order valence-corrected chi connectivity index (χ2v) is 7.53. The summed E-state index contributed by atoms with van der Waals surface area (Å²) in [4.78, 5) is 0.209.